The number of hydrogen-bond acceptors (Lipinski definition) is 12. The van der Waals surface area contributed by atoms with Crippen LogP contribution in [0.5, 0.6) is 0 Å². The Morgan fingerprint density at radius 2 is 0.584 bits per heavy atom. The minimum atomic E-state index is -0.373. The molecule has 0 N–H and O–H groups in total. The van der Waals surface area contributed by atoms with Crippen LogP contribution in [0.4, 0.5) is 0 Å². The molecule has 18 nitrogen and oxygen atoms in total. The highest BCUT2D eigenvalue weighted by Gasteiger charge is 2.46. The Bertz CT molecular complexity index is 2410. The first-order chi connectivity index (χ1) is 35.9. The molecule has 2 aromatic rings. The molecule has 0 aromatic heterocycles. The van der Waals surface area contributed by atoms with Crippen molar-refractivity contribution in [3.05, 3.63) is 71.8 Å². The number of hydrogen-bond donors (Lipinski definition) is 0. The average Bonchev–Trinajstić information content (AvgIpc) is 4.18. The second kappa shape index (κ2) is 27.5. The van der Waals surface area contributed by atoms with Gasteiger partial charge in [-0.05, 0) is 51.4 Å². The van der Waals surface area contributed by atoms with Crippen molar-refractivity contribution < 1.29 is 28.8 Å². The number of carbonyl (C=O) groups excluding carboxylic acids is 6. The molecule has 420 valence electrons. The van der Waals surface area contributed by atoms with Gasteiger partial charge >= 0.3 is 0 Å². The molecular formula is C53H76N12O6S6. The van der Waals surface area contributed by atoms with Crippen molar-refractivity contribution in [3.63, 3.8) is 0 Å². The summed E-state index contributed by atoms with van der Waals surface area (Å²) in [4.78, 5) is 78.8. The second-order valence-corrected chi connectivity index (χ2v) is 22.9. The summed E-state index contributed by atoms with van der Waals surface area (Å²) in [6.45, 7) is 4.19. The highest BCUT2D eigenvalue weighted by atomic mass is 32.1. The Labute approximate surface area is 488 Å². The highest BCUT2D eigenvalue weighted by molar-refractivity contribution is 7.81. The summed E-state index contributed by atoms with van der Waals surface area (Å²) >= 11 is 32.5. The van der Waals surface area contributed by atoms with E-state index in [2.05, 4.69) is 13.8 Å². The Hall–Kier alpha value is -5.40. The van der Waals surface area contributed by atoms with Crippen LogP contribution in [0.15, 0.2) is 60.7 Å². The molecule has 4 aliphatic rings. The molecule has 0 heterocycles. The summed E-state index contributed by atoms with van der Waals surface area (Å²) in [6.07, 6.45) is 7.75. The zero-order valence-electron chi connectivity index (χ0n) is 47.0. The summed E-state index contributed by atoms with van der Waals surface area (Å²) < 4.78 is 0. The normalized spacial score (nSPS) is 14.8. The van der Waals surface area contributed by atoms with Gasteiger partial charge in [-0.15, -0.1) is 0 Å². The van der Waals surface area contributed by atoms with Crippen molar-refractivity contribution in [2.45, 2.75) is 84.5 Å². The minimum absolute atomic E-state index is 0.00549. The van der Waals surface area contributed by atoms with Gasteiger partial charge in [-0.25, -0.2) is 0 Å². The van der Waals surface area contributed by atoms with E-state index in [1.807, 2.05) is 60.7 Å². The zero-order chi connectivity index (χ0) is 58.0. The standard InChI is InChI=1S/C21H24N4O2S2.C17H28N4O2S2.C15H24N4O2S2/c1-22(24(3)20(28)16-11-7-5-8-12-16)18(26)15-19(27)23(2)25(4)21(29)17-13-9-6-10-14-17;1-16(7-8-16)14(24)20(5)18(3)12(22)11-13(23)19(4)21(6)15(25)17(2)9-10-17;1-16(18(3)14(22)10-5-6-10)12(20)9-13(21)17(2)19(4)15(23)11-7-8-11/h5-14H,15H2,1-4H3;7-11H2,1-6H3;10-11H,5-9H2,1-4H3. The van der Waals surface area contributed by atoms with Crippen LogP contribution < -0.4 is 0 Å². The largest absolute Gasteiger partial charge is 0.279 e. The number of carbonyl (C=O) groups is 6. The van der Waals surface area contributed by atoms with Gasteiger partial charge in [-0.1, -0.05) is 148 Å². The fourth-order valence-electron chi connectivity index (χ4n) is 7.23. The van der Waals surface area contributed by atoms with Gasteiger partial charge in [0, 0.05) is 118 Å². The Balaban J connectivity index is 0.000000251. The molecule has 0 radical (unpaired) electrons. The van der Waals surface area contributed by atoms with E-state index in [0.717, 1.165) is 82.4 Å². The molecular weight excluding hydrogens is 1090 g/mol. The molecule has 0 unspecified atom stereocenters. The fourth-order valence-corrected chi connectivity index (χ4v) is 9.11. The van der Waals surface area contributed by atoms with Crippen molar-refractivity contribution in [3.8, 4) is 0 Å². The van der Waals surface area contributed by atoms with Crippen molar-refractivity contribution in [2.24, 2.45) is 22.7 Å². The van der Waals surface area contributed by atoms with Gasteiger partial charge < -0.3 is 0 Å². The molecule has 24 heteroatoms. The topological polar surface area (TPSA) is 141 Å². The molecule has 4 fully saturated rings. The number of rotatable bonds is 12. The van der Waals surface area contributed by atoms with Crippen LogP contribution in [0.1, 0.15) is 95.6 Å². The van der Waals surface area contributed by atoms with Gasteiger partial charge in [-0.3, -0.25) is 88.9 Å². The van der Waals surface area contributed by atoms with Gasteiger partial charge in [0.2, 0.25) is 35.4 Å². The first-order valence-corrected chi connectivity index (χ1v) is 27.7. The number of amides is 6. The third-order valence-corrected chi connectivity index (χ3v) is 18.2. The first kappa shape index (κ1) is 64.1. The Kier molecular flexibility index (Phi) is 22.9. The van der Waals surface area contributed by atoms with E-state index in [9.17, 15) is 28.8 Å². The maximum absolute atomic E-state index is 12.6. The summed E-state index contributed by atoms with van der Waals surface area (Å²) in [5, 5.41) is 18.2. The molecule has 0 atom stereocenters. The van der Waals surface area contributed by atoms with Crippen molar-refractivity contribution >= 4 is 139 Å². The zero-order valence-corrected chi connectivity index (χ0v) is 51.9. The lowest BCUT2D eigenvalue weighted by Crippen LogP contribution is -2.50. The van der Waals surface area contributed by atoms with Gasteiger partial charge in [0.25, 0.3) is 0 Å². The number of hydrazine groups is 6. The maximum atomic E-state index is 12.6. The Morgan fingerprint density at radius 3 is 0.805 bits per heavy atom. The van der Waals surface area contributed by atoms with Crippen LogP contribution in [0, 0.1) is 22.7 Å². The van der Waals surface area contributed by atoms with Crippen molar-refractivity contribution in [1.29, 1.82) is 0 Å². The number of nitrogens with zero attached hydrogens (tertiary/aromatic N) is 12. The molecule has 6 rings (SSSR count). The summed E-state index contributed by atoms with van der Waals surface area (Å²) in [5.41, 5.74) is 1.65. The van der Waals surface area contributed by atoms with Crippen molar-refractivity contribution in [2.75, 3.05) is 84.6 Å². The molecule has 4 saturated carbocycles. The van der Waals surface area contributed by atoms with Crippen LogP contribution in [-0.4, -0.2) is 210 Å². The SMILES string of the molecule is CN(C(=O)CC(=O)N(C)N(C)C(=S)C1(C)CC1)N(C)C(=S)C1(C)CC1.CN(C(=O)CC(=O)N(C)N(C)C(=S)C1CC1)N(C)C(=S)C1CC1.CN(C(=O)CC(=O)N(C)N(C)C(=S)c1ccccc1)N(C)C(=S)c1ccccc1. The van der Waals surface area contributed by atoms with Crippen LogP contribution >= 0.6 is 73.3 Å². The van der Waals surface area contributed by atoms with Gasteiger partial charge in [0.1, 0.15) is 49.2 Å². The smallest absolute Gasteiger partial charge is 0.250 e. The minimum Gasteiger partial charge on any atom is -0.279 e. The summed E-state index contributed by atoms with van der Waals surface area (Å²) in [7, 11) is 20.2. The molecule has 6 amide bonds. The van der Waals surface area contributed by atoms with Gasteiger partial charge in [0.05, 0.1) is 0 Å². The predicted molar refractivity (Wildman–Crippen MR) is 324 cm³/mol. The van der Waals surface area contributed by atoms with Crippen molar-refractivity contribution in [1.82, 2.24) is 60.1 Å². The van der Waals surface area contributed by atoms with E-state index >= 15 is 0 Å². The maximum Gasteiger partial charge on any atom is 0.250 e. The molecule has 0 spiro atoms. The monoisotopic (exact) mass is 1170 g/mol. The van der Waals surface area contributed by atoms with Crippen LogP contribution in [0.25, 0.3) is 0 Å². The van der Waals surface area contributed by atoms with E-state index in [4.69, 9.17) is 73.3 Å². The first-order valence-electron chi connectivity index (χ1n) is 25.3. The lowest BCUT2D eigenvalue weighted by atomic mass is 10.1. The van der Waals surface area contributed by atoms with Gasteiger partial charge in [0.15, 0.2) is 0 Å². The molecule has 0 aliphatic heterocycles. The lowest BCUT2D eigenvalue weighted by Gasteiger charge is -2.35. The fraction of sp³-hybridized carbons (Fsp3) is 0.547. The molecule has 0 saturated heterocycles. The number of thiocarbonyl (C=S) groups is 6. The van der Waals surface area contributed by atoms with E-state index in [1.165, 1.54) is 30.1 Å². The van der Waals surface area contributed by atoms with Crippen LogP contribution in [0.2, 0.25) is 0 Å². The van der Waals surface area contributed by atoms with Crippen LogP contribution in [-0.2, 0) is 28.8 Å². The van der Waals surface area contributed by atoms with E-state index in [1.54, 1.807) is 115 Å². The molecule has 77 heavy (non-hydrogen) atoms. The predicted octanol–water partition coefficient (Wildman–Crippen LogP) is 6.44. The second-order valence-electron chi connectivity index (χ2n) is 20.5. The third kappa shape index (κ3) is 17.3. The van der Waals surface area contributed by atoms with Gasteiger partial charge in [-0.2, -0.15) is 0 Å². The molecule has 0 bridgehead atoms. The van der Waals surface area contributed by atoms with Crippen LogP contribution in [0.3, 0.4) is 0 Å². The van der Waals surface area contributed by atoms with E-state index < -0.39 is 0 Å². The lowest BCUT2D eigenvalue weighted by molar-refractivity contribution is -0.150. The quantitative estimate of drug-likeness (QED) is 0.131. The molecule has 4 aliphatic carbocycles. The summed E-state index contributed by atoms with van der Waals surface area (Å²) in [6, 6.07) is 18.8. The molecule has 2 aromatic carbocycles. The summed E-state index contributed by atoms with van der Waals surface area (Å²) in [5.74, 6) is -1.10. The number of benzene rings is 2. The Morgan fingerprint density at radius 1 is 0.364 bits per heavy atom. The third-order valence-electron chi connectivity index (χ3n) is 14.5. The highest BCUT2D eigenvalue weighted by Crippen LogP contribution is 2.48. The average molecular weight is 1170 g/mol. The van der Waals surface area contributed by atoms with E-state index in [-0.39, 0.29) is 65.5 Å². The van der Waals surface area contributed by atoms with E-state index in [0.29, 0.717) is 21.8 Å².